The number of rotatable bonds is 5. The number of aromatic amines is 1. The highest BCUT2D eigenvalue weighted by atomic mass is 16.5. The van der Waals surface area contributed by atoms with Crippen molar-refractivity contribution in [3.8, 4) is 0 Å². The molecule has 2 atom stereocenters. The summed E-state index contributed by atoms with van der Waals surface area (Å²) in [7, 11) is 0. The second kappa shape index (κ2) is 7.34. The number of ether oxygens (including phenoxy) is 2. The Morgan fingerprint density at radius 2 is 1.74 bits per heavy atom. The second-order valence-corrected chi connectivity index (χ2v) is 6.59. The molecular formula is C21H20N2O4. The number of benzene rings is 2. The van der Waals surface area contributed by atoms with Gasteiger partial charge in [-0.05, 0) is 18.1 Å². The summed E-state index contributed by atoms with van der Waals surface area (Å²) in [5, 5.41) is 0. The maximum absolute atomic E-state index is 12.3. The third-order valence-electron chi connectivity index (χ3n) is 4.68. The number of fused-ring (bicyclic) bond motifs is 1. The van der Waals surface area contributed by atoms with E-state index in [4.69, 9.17) is 9.47 Å². The van der Waals surface area contributed by atoms with Crippen molar-refractivity contribution in [3.63, 3.8) is 0 Å². The Bertz CT molecular complexity index is 1060. The standard InChI is InChI=1S/C21H20N2O4/c1-14-11-23(21(25)22-19(14)24)20-17-10-6-5-9-16(17)18(27-20)13-26-12-15-7-3-2-4-8-15/h2-11,18,20H,12-13H2,1H3,(H,22,24,25)/t18-,20-/m1/s1. The molecule has 0 radical (unpaired) electrons. The maximum Gasteiger partial charge on any atom is 0.330 e. The van der Waals surface area contributed by atoms with Crippen LogP contribution in [0.25, 0.3) is 0 Å². The Labute approximate surface area is 156 Å². The second-order valence-electron chi connectivity index (χ2n) is 6.59. The van der Waals surface area contributed by atoms with Crippen molar-refractivity contribution in [2.45, 2.75) is 25.9 Å². The minimum Gasteiger partial charge on any atom is -0.374 e. The molecule has 0 saturated carbocycles. The highest BCUT2D eigenvalue weighted by molar-refractivity contribution is 5.35. The van der Waals surface area contributed by atoms with Crippen LogP contribution in [0.3, 0.4) is 0 Å². The van der Waals surface area contributed by atoms with Gasteiger partial charge in [0.15, 0.2) is 6.23 Å². The predicted molar refractivity (Wildman–Crippen MR) is 101 cm³/mol. The van der Waals surface area contributed by atoms with E-state index in [1.165, 1.54) is 10.8 Å². The van der Waals surface area contributed by atoms with Gasteiger partial charge in [-0.15, -0.1) is 0 Å². The molecule has 0 spiro atoms. The van der Waals surface area contributed by atoms with Gasteiger partial charge in [0.1, 0.15) is 6.10 Å². The van der Waals surface area contributed by atoms with E-state index in [-0.39, 0.29) is 11.7 Å². The zero-order valence-corrected chi connectivity index (χ0v) is 14.9. The molecule has 0 saturated heterocycles. The van der Waals surface area contributed by atoms with Gasteiger partial charge in [-0.25, -0.2) is 4.79 Å². The van der Waals surface area contributed by atoms with Crippen molar-refractivity contribution < 1.29 is 9.47 Å². The molecule has 6 nitrogen and oxygen atoms in total. The van der Waals surface area contributed by atoms with Crippen LogP contribution in [0, 0.1) is 6.92 Å². The topological polar surface area (TPSA) is 73.3 Å². The third kappa shape index (κ3) is 3.49. The van der Waals surface area contributed by atoms with Crippen molar-refractivity contribution in [1.29, 1.82) is 0 Å². The number of aryl methyl sites for hydroxylation is 1. The van der Waals surface area contributed by atoms with Crippen LogP contribution < -0.4 is 11.2 Å². The minimum atomic E-state index is -0.588. The molecule has 2 heterocycles. The summed E-state index contributed by atoms with van der Waals surface area (Å²) in [6, 6.07) is 17.7. The molecular weight excluding hydrogens is 344 g/mol. The van der Waals surface area contributed by atoms with Gasteiger partial charge in [0.2, 0.25) is 0 Å². The smallest absolute Gasteiger partial charge is 0.330 e. The highest BCUT2D eigenvalue weighted by Crippen LogP contribution is 2.39. The van der Waals surface area contributed by atoms with Crippen molar-refractivity contribution in [2.24, 2.45) is 0 Å². The van der Waals surface area contributed by atoms with Crippen LogP contribution in [0.5, 0.6) is 0 Å². The summed E-state index contributed by atoms with van der Waals surface area (Å²) in [6.07, 6.45) is 0.666. The van der Waals surface area contributed by atoms with E-state index in [1.807, 2.05) is 54.6 Å². The third-order valence-corrected chi connectivity index (χ3v) is 4.68. The van der Waals surface area contributed by atoms with Gasteiger partial charge in [-0.1, -0.05) is 54.6 Å². The van der Waals surface area contributed by atoms with Crippen LogP contribution in [0.1, 0.15) is 34.6 Å². The van der Waals surface area contributed by atoms with Crippen molar-refractivity contribution in [3.05, 3.63) is 104 Å². The maximum atomic E-state index is 12.3. The molecule has 0 unspecified atom stereocenters. The van der Waals surface area contributed by atoms with Crippen LogP contribution in [0.4, 0.5) is 0 Å². The van der Waals surface area contributed by atoms with Gasteiger partial charge < -0.3 is 9.47 Å². The molecule has 2 aromatic carbocycles. The van der Waals surface area contributed by atoms with Gasteiger partial charge in [-0.2, -0.15) is 0 Å². The van der Waals surface area contributed by atoms with Crippen LogP contribution in [-0.2, 0) is 16.1 Å². The number of aromatic nitrogens is 2. The van der Waals surface area contributed by atoms with Gasteiger partial charge in [-0.3, -0.25) is 14.3 Å². The lowest BCUT2D eigenvalue weighted by molar-refractivity contribution is -0.0562. The minimum absolute atomic E-state index is 0.283. The molecule has 1 N–H and O–H groups in total. The Morgan fingerprint density at radius 3 is 2.52 bits per heavy atom. The molecule has 3 aromatic rings. The summed E-state index contributed by atoms with van der Waals surface area (Å²) in [4.78, 5) is 26.3. The average molecular weight is 364 g/mol. The first-order valence-corrected chi connectivity index (χ1v) is 8.81. The largest absolute Gasteiger partial charge is 0.374 e. The van der Waals surface area contributed by atoms with Crippen LogP contribution in [0.2, 0.25) is 0 Å². The van der Waals surface area contributed by atoms with E-state index in [2.05, 4.69) is 4.98 Å². The van der Waals surface area contributed by atoms with Gasteiger partial charge in [0.25, 0.3) is 5.56 Å². The van der Waals surface area contributed by atoms with E-state index in [9.17, 15) is 9.59 Å². The SMILES string of the molecule is Cc1cn([C@@H]2O[C@H](COCc3ccccc3)c3ccccc32)c(=O)[nH]c1=O. The Kier molecular flexibility index (Phi) is 4.75. The molecule has 1 aliphatic heterocycles. The first-order chi connectivity index (χ1) is 13.1. The average Bonchev–Trinajstić information content (AvgIpc) is 3.04. The molecule has 6 heteroatoms. The van der Waals surface area contributed by atoms with E-state index < -0.39 is 11.9 Å². The zero-order valence-electron chi connectivity index (χ0n) is 14.9. The van der Waals surface area contributed by atoms with E-state index in [0.717, 1.165) is 16.7 Å². The normalized spacial score (nSPS) is 18.4. The van der Waals surface area contributed by atoms with Gasteiger partial charge in [0.05, 0.1) is 13.2 Å². The molecule has 0 aliphatic carbocycles. The Balaban J connectivity index is 1.57. The molecule has 27 heavy (non-hydrogen) atoms. The van der Waals surface area contributed by atoms with Crippen molar-refractivity contribution in [1.82, 2.24) is 9.55 Å². The van der Waals surface area contributed by atoms with Gasteiger partial charge in [0, 0.05) is 17.3 Å². The van der Waals surface area contributed by atoms with Gasteiger partial charge >= 0.3 is 5.69 Å². The molecule has 0 amide bonds. The van der Waals surface area contributed by atoms with Crippen LogP contribution >= 0.6 is 0 Å². The van der Waals surface area contributed by atoms with Crippen LogP contribution in [0.15, 0.2) is 70.4 Å². The molecule has 0 fully saturated rings. The summed E-state index contributed by atoms with van der Waals surface area (Å²) < 4.78 is 13.4. The fourth-order valence-electron chi connectivity index (χ4n) is 3.29. The van der Waals surface area contributed by atoms with Crippen LogP contribution in [-0.4, -0.2) is 16.2 Å². The Morgan fingerprint density at radius 1 is 1.04 bits per heavy atom. The number of H-pyrrole nitrogens is 1. The van der Waals surface area contributed by atoms with E-state index in [0.29, 0.717) is 18.8 Å². The summed E-state index contributed by atoms with van der Waals surface area (Å²) in [5.41, 5.74) is 2.57. The number of hydrogen-bond donors (Lipinski definition) is 1. The summed E-state index contributed by atoms with van der Waals surface area (Å²) in [6.45, 7) is 2.53. The fraction of sp³-hybridized carbons (Fsp3) is 0.238. The predicted octanol–water partition coefficient (Wildman–Crippen LogP) is 2.68. The lowest BCUT2D eigenvalue weighted by Crippen LogP contribution is -2.33. The highest BCUT2D eigenvalue weighted by Gasteiger charge is 2.33. The Hall–Kier alpha value is -2.96. The molecule has 0 bridgehead atoms. The fourth-order valence-corrected chi connectivity index (χ4v) is 3.29. The lowest BCUT2D eigenvalue weighted by atomic mass is 10.0. The first-order valence-electron chi connectivity index (χ1n) is 8.81. The molecule has 4 rings (SSSR count). The number of nitrogens with zero attached hydrogens (tertiary/aromatic N) is 1. The summed E-state index contributed by atoms with van der Waals surface area (Å²) >= 11 is 0. The lowest BCUT2D eigenvalue weighted by Gasteiger charge is -2.17. The first kappa shape index (κ1) is 17.5. The molecule has 1 aromatic heterocycles. The van der Waals surface area contributed by atoms with Crippen molar-refractivity contribution >= 4 is 0 Å². The van der Waals surface area contributed by atoms with Crippen molar-refractivity contribution in [2.75, 3.05) is 6.61 Å². The molecule has 138 valence electrons. The summed E-state index contributed by atoms with van der Waals surface area (Å²) in [5.74, 6) is 0. The number of nitrogens with one attached hydrogen (secondary N) is 1. The number of hydrogen-bond acceptors (Lipinski definition) is 4. The van der Waals surface area contributed by atoms with E-state index >= 15 is 0 Å². The quantitative estimate of drug-likeness (QED) is 0.755. The monoisotopic (exact) mass is 364 g/mol. The zero-order chi connectivity index (χ0) is 18.8. The molecule has 1 aliphatic rings. The van der Waals surface area contributed by atoms with E-state index in [1.54, 1.807) is 6.92 Å².